The molecule has 1 aromatic rings. The minimum Gasteiger partial charge on any atom is -0.395 e. The van der Waals surface area contributed by atoms with Gasteiger partial charge >= 0.3 is 0 Å². The van der Waals surface area contributed by atoms with Gasteiger partial charge in [0.2, 0.25) is 0 Å². The molecule has 90 valence electrons. The summed E-state index contributed by atoms with van der Waals surface area (Å²) in [6, 6.07) is 0.509. The van der Waals surface area contributed by atoms with Gasteiger partial charge in [0.05, 0.1) is 6.61 Å². The Kier molecular flexibility index (Phi) is 4.40. The van der Waals surface area contributed by atoms with Gasteiger partial charge in [0, 0.05) is 24.5 Å². The second kappa shape index (κ2) is 5.82. The number of anilines is 1. The first-order valence-electron chi connectivity index (χ1n) is 5.50. The van der Waals surface area contributed by atoms with Gasteiger partial charge in [-0.15, -0.1) is 11.3 Å². The number of hydrogen-bond donors (Lipinski definition) is 2. The maximum absolute atomic E-state index is 9.06. The first-order valence-corrected chi connectivity index (χ1v) is 6.75. The molecular weight excluding hydrogens is 246 g/mol. The van der Waals surface area contributed by atoms with Crippen LogP contribution in [0.15, 0.2) is 5.38 Å². The maximum atomic E-state index is 9.06. The molecule has 1 unspecified atom stereocenters. The molecule has 2 N–H and O–H groups in total. The molecule has 2 heterocycles. The fourth-order valence-corrected chi connectivity index (χ4v) is 2.94. The number of nitrogens with one attached hydrogen (secondary N) is 1. The van der Waals surface area contributed by atoms with E-state index in [4.69, 9.17) is 16.7 Å². The molecule has 0 amide bonds. The molecule has 0 saturated carbocycles. The van der Waals surface area contributed by atoms with E-state index in [2.05, 4.69) is 15.2 Å². The highest BCUT2D eigenvalue weighted by molar-refractivity contribution is 7.14. The van der Waals surface area contributed by atoms with Gasteiger partial charge in [-0.05, 0) is 19.4 Å². The zero-order chi connectivity index (χ0) is 11.4. The first-order chi connectivity index (χ1) is 7.79. The normalized spacial score (nSPS) is 20.2. The summed E-state index contributed by atoms with van der Waals surface area (Å²) >= 11 is 7.34. The summed E-state index contributed by atoms with van der Waals surface area (Å²) in [5, 5.41) is 15.8. The Labute approximate surface area is 104 Å². The van der Waals surface area contributed by atoms with Crippen LogP contribution in [0.4, 0.5) is 5.13 Å². The number of rotatable bonds is 5. The van der Waals surface area contributed by atoms with E-state index in [0.717, 1.165) is 18.2 Å². The Morgan fingerprint density at radius 3 is 3.12 bits per heavy atom. The minimum absolute atomic E-state index is 0.143. The van der Waals surface area contributed by atoms with Gasteiger partial charge in [-0.1, -0.05) is 11.6 Å². The second-order valence-electron chi connectivity index (χ2n) is 3.92. The van der Waals surface area contributed by atoms with Crippen molar-refractivity contribution in [2.45, 2.75) is 18.9 Å². The molecule has 1 atom stereocenters. The molecule has 1 saturated heterocycles. The van der Waals surface area contributed by atoms with E-state index in [9.17, 15) is 0 Å². The molecule has 1 fully saturated rings. The van der Waals surface area contributed by atoms with E-state index in [1.165, 1.54) is 24.2 Å². The van der Waals surface area contributed by atoms with Crippen molar-refractivity contribution in [3.05, 3.63) is 10.5 Å². The van der Waals surface area contributed by atoms with Crippen molar-refractivity contribution in [1.29, 1.82) is 0 Å². The minimum atomic E-state index is 0.143. The standard InChI is InChI=1S/C10H16ClN3OS/c11-9-7-16-10(13-9)14(4-5-15)6-8-2-1-3-12-8/h7-8,12,15H,1-6H2. The Morgan fingerprint density at radius 1 is 1.69 bits per heavy atom. The van der Waals surface area contributed by atoms with Crippen LogP contribution in [0.1, 0.15) is 12.8 Å². The highest BCUT2D eigenvalue weighted by Crippen LogP contribution is 2.24. The number of halogens is 1. The van der Waals surface area contributed by atoms with Crippen LogP contribution in [-0.4, -0.2) is 42.4 Å². The van der Waals surface area contributed by atoms with Crippen LogP contribution in [0.2, 0.25) is 5.15 Å². The molecule has 2 rings (SSSR count). The van der Waals surface area contributed by atoms with Crippen LogP contribution >= 0.6 is 22.9 Å². The maximum Gasteiger partial charge on any atom is 0.186 e. The average molecular weight is 262 g/mol. The van der Waals surface area contributed by atoms with Crippen molar-refractivity contribution < 1.29 is 5.11 Å². The van der Waals surface area contributed by atoms with Crippen molar-refractivity contribution in [2.24, 2.45) is 0 Å². The number of hydrogen-bond acceptors (Lipinski definition) is 5. The summed E-state index contributed by atoms with van der Waals surface area (Å²) in [5.41, 5.74) is 0. The van der Waals surface area contributed by atoms with E-state index < -0.39 is 0 Å². The van der Waals surface area contributed by atoms with E-state index in [0.29, 0.717) is 17.7 Å². The molecule has 1 aliphatic heterocycles. The van der Waals surface area contributed by atoms with Gasteiger partial charge < -0.3 is 15.3 Å². The Bertz CT molecular complexity index is 328. The number of nitrogens with zero attached hydrogens (tertiary/aromatic N) is 2. The van der Waals surface area contributed by atoms with Crippen LogP contribution in [0.5, 0.6) is 0 Å². The Balaban J connectivity index is 1.98. The zero-order valence-corrected chi connectivity index (χ0v) is 10.6. The van der Waals surface area contributed by atoms with Crippen LogP contribution in [-0.2, 0) is 0 Å². The van der Waals surface area contributed by atoms with Crippen LogP contribution in [0, 0.1) is 0 Å². The highest BCUT2D eigenvalue weighted by Gasteiger charge is 2.19. The van der Waals surface area contributed by atoms with Crippen molar-refractivity contribution in [1.82, 2.24) is 10.3 Å². The van der Waals surface area contributed by atoms with Gasteiger partial charge in [0.25, 0.3) is 0 Å². The smallest absolute Gasteiger partial charge is 0.186 e. The van der Waals surface area contributed by atoms with Crippen molar-refractivity contribution in [2.75, 3.05) is 31.1 Å². The molecule has 0 aliphatic carbocycles. The van der Waals surface area contributed by atoms with Crippen molar-refractivity contribution in [3.63, 3.8) is 0 Å². The predicted molar refractivity (Wildman–Crippen MR) is 67.4 cm³/mol. The highest BCUT2D eigenvalue weighted by atomic mass is 35.5. The number of aromatic nitrogens is 1. The summed E-state index contributed by atoms with van der Waals surface area (Å²) in [7, 11) is 0. The number of aliphatic hydroxyl groups is 1. The topological polar surface area (TPSA) is 48.4 Å². The molecule has 0 bridgehead atoms. The molecule has 1 aliphatic rings. The molecule has 0 radical (unpaired) electrons. The third-order valence-corrected chi connectivity index (χ3v) is 3.93. The van der Waals surface area contributed by atoms with Gasteiger partial charge in [-0.3, -0.25) is 0 Å². The lowest BCUT2D eigenvalue weighted by Gasteiger charge is -2.24. The lowest BCUT2D eigenvalue weighted by molar-refractivity contribution is 0.300. The molecule has 0 spiro atoms. The third kappa shape index (κ3) is 3.07. The summed E-state index contributed by atoms with van der Waals surface area (Å²) in [6.07, 6.45) is 2.43. The van der Waals surface area contributed by atoms with Gasteiger partial charge in [-0.2, -0.15) is 0 Å². The largest absolute Gasteiger partial charge is 0.395 e. The Hall–Kier alpha value is -0.360. The summed E-state index contributed by atoms with van der Waals surface area (Å²) in [5.74, 6) is 0. The van der Waals surface area contributed by atoms with Crippen LogP contribution < -0.4 is 10.2 Å². The lowest BCUT2D eigenvalue weighted by Crippen LogP contribution is -2.39. The summed E-state index contributed by atoms with van der Waals surface area (Å²) in [6.45, 7) is 2.74. The van der Waals surface area contributed by atoms with Crippen molar-refractivity contribution >= 4 is 28.1 Å². The number of thiazole rings is 1. The number of aliphatic hydroxyl groups excluding tert-OH is 1. The Morgan fingerprint density at radius 2 is 2.56 bits per heavy atom. The quantitative estimate of drug-likeness (QED) is 0.840. The summed E-state index contributed by atoms with van der Waals surface area (Å²) < 4.78 is 0. The predicted octanol–water partition coefficient (Wildman–Crippen LogP) is 1.35. The third-order valence-electron chi connectivity index (χ3n) is 2.71. The van der Waals surface area contributed by atoms with Crippen LogP contribution in [0.3, 0.4) is 0 Å². The second-order valence-corrected chi connectivity index (χ2v) is 5.14. The lowest BCUT2D eigenvalue weighted by atomic mass is 10.2. The zero-order valence-electron chi connectivity index (χ0n) is 9.03. The van der Waals surface area contributed by atoms with Gasteiger partial charge in [-0.25, -0.2) is 4.98 Å². The fraction of sp³-hybridized carbons (Fsp3) is 0.700. The molecule has 4 nitrogen and oxygen atoms in total. The first kappa shape index (κ1) is 12.1. The van der Waals surface area contributed by atoms with E-state index in [1.54, 1.807) is 0 Å². The molecule has 6 heteroatoms. The molecule has 16 heavy (non-hydrogen) atoms. The average Bonchev–Trinajstić information content (AvgIpc) is 2.88. The SMILES string of the molecule is OCCN(CC1CCCN1)c1nc(Cl)cs1. The van der Waals surface area contributed by atoms with E-state index in [1.807, 2.05) is 5.38 Å². The molecule has 0 aromatic carbocycles. The fourth-order valence-electron chi connectivity index (χ4n) is 1.95. The molecular formula is C10H16ClN3OS. The van der Waals surface area contributed by atoms with Crippen molar-refractivity contribution in [3.8, 4) is 0 Å². The van der Waals surface area contributed by atoms with Gasteiger partial charge in [0.1, 0.15) is 5.15 Å². The van der Waals surface area contributed by atoms with Crippen LogP contribution in [0.25, 0.3) is 0 Å². The summed E-state index contributed by atoms with van der Waals surface area (Å²) in [4.78, 5) is 6.34. The monoisotopic (exact) mass is 261 g/mol. The molecule has 1 aromatic heterocycles. The van der Waals surface area contributed by atoms with E-state index >= 15 is 0 Å². The van der Waals surface area contributed by atoms with Gasteiger partial charge in [0.15, 0.2) is 5.13 Å². The van der Waals surface area contributed by atoms with E-state index in [-0.39, 0.29) is 6.61 Å².